The zero-order chi connectivity index (χ0) is 14.5. The molecule has 108 valence electrons. The number of hydrogen-bond donors (Lipinski definition) is 2. The number of nitrogens with one attached hydrogen (secondary N) is 1. The van der Waals surface area contributed by atoms with E-state index in [9.17, 15) is 18.0 Å². The Morgan fingerprint density at radius 2 is 2.26 bits per heavy atom. The smallest absolute Gasteiger partial charge is 0.405 e. The topological polar surface area (TPSA) is 81.1 Å². The maximum Gasteiger partial charge on any atom is 0.405 e. The molecule has 3 N–H and O–H groups in total. The summed E-state index contributed by atoms with van der Waals surface area (Å²) in [6, 6.07) is -0.455. The summed E-state index contributed by atoms with van der Waals surface area (Å²) in [6.45, 7) is 0.591. The highest BCUT2D eigenvalue weighted by atomic mass is 19.4. The van der Waals surface area contributed by atoms with Gasteiger partial charge in [0.05, 0.1) is 6.04 Å². The Morgan fingerprint density at radius 3 is 2.84 bits per heavy atom. The van der Waals surface area contributed by atoms with E-state index in [2.05, 4.69) is 4.98 Å². The zero-order valence-corrected chi connectivity index (χ0v) is 10.5. The van der Waals surface area contributed by atoms with Crippen molar-refractivity contribution >= 4 is 5.91 Å². The predicted molar refractivity (Wildman–Crippen MR) is 61.3 cm³/mol. The highest BCUT2D eigenvalue weighted by Crippen LogP contribution is 2.16. The summed E-state index contributed by atoms with van der Waals surface area (Å²) in [5.74, 6) is -0.777. The zero-order valence-electron chi connectivity index (χ0n) is 10.5. The van der Waals surface area contributed by atoms with E-state index in [1.54, 1.807) is 5.32 Å². The van der Waals surface area contributed by atoms with E-state index in [4.69, 9.17) is 10.2 Å². The van der Waals surface area contributed by atoms with Crippen LogP contribution in [0.3, 0.4) is 0 Å². The Morgan fingerprint density at radius 1 is 1.58 bits per heavy atom. The molecule has 19 heavy (non-hydrogen) atoms. The van der Waals surface area contributed by atoms with Crippen LogP contribution in [0.2, 0.25) is 0 Å². The van der Waals surface area contributed by atoms with E-state index in [-0.39, 0.29) is 11.6 Å². The van der Waals surface area contributed by atoms with E-state index in [0.29, 0.717) is 6.42 Å². The number of hydrogen-bond acceptors (Lipinski definition) is 4. The lowest BCUT2D eigenvalue weighted by Gasteiger charge is -2.06. The van der Waals surface area contributed by atoms with E-state index < -0.39 is 24.7 Å². The van der Waals surface area contributed by atoms with Crippen LogP contribution in [0.1, 0.15) is 48.6 Å². The number of halogens is 3. The molecule has 0 spiro atoms. The van der Waals surface area contributed by atoms with E-state index in [1.165, 1.54) is 0 Å². The van der Waals surface area contributed by atoms with Gasteiger partial charge in [0.1, 0.15) is 12.8 Å². The van der Waals surface area contributed by atoms with Gasteiger partial charge in [-0.3, -0.25) is 4.79 Å². The number of alkyl halides is 3. The number of unbranched alkanes of at least 4 members (excludes halogenated alkanes) is 1. The van der Waals surface area contributed by atoms with Crippen molar-refractivity contribution in [1.82, 2.24) is 10.3 Å². The molecule has 8 heteroatoms. The maximum atomic E-state index is 11.9. The summed E-state index contributed by atoms with van der Waals surface area (Å²) in [5.41, 5.74) is 5.57. The Hall–Kier alpha value is -1.57. The van der Waals surface area contributed by atoms with Crippen molar-refractivity contribution in [3.8, 4) is 0 Å². The minimum atomic E-state index is -4.46. The molecule has 1 amide bonds. The molecule has 1 aromatic heterocycles. The monoisotopic (exact) mass is 279 g/mol. The van der Waals surface area contributed by atoms with Crippen LogP contribution >= 0.6 is 0 Å². The second kappa shape index (κ2) is 6.55. The van der Waals surface area contributed by atoms with Crippen LogP contribution in [0.25, 0.3) is 0 Å². The molecule has 5 nitrogen and oxygen atoms in total. The summed E-state index contributed by atoms with van der Waals surface area (Å²) in [7, 11) is 0. The van der Waals surface area contributed by atoms with Crippen molar-refractivity contribution in [2.45, 2.75) is 38.4 Å². The van der Waals surface area contributed by atoms with Crippen LogP contribution in [-0.4, -0.2) is 23.6 Å². The Bertz CT molecular complexity index is 418. The number of oxazole rings is 1. The van der Waals surface area contributed by atoms with Gasteiger partial charge in [0.25, 0.3) is 5.91 Å². The molecule has 1 rings (SSSR count). The number of rotatable bonds is 6. The number of nitrogens with zero attached hydrogens (tertiary/aromatic N) is 1. The van der Waals surface area contributed by atoms with Crippen molar-refractivity contribution in [1.29, 1.82) is 0 Å². The van der Waals surface area contributed by atoms with Gasteiger partial charge in [-0.05, 0) is 6.42 Å². The van der Waals surface area contributed by atoms with Crippen LogP contribution in [-0.2, 0) is 0 Å². The molecule has 0 bridgehead atoms. The molecular weight excluding hydrogens is 263 g/mol. The van der Waals surface area contributed by atoms with Gasteiger partial charge in [0.15, 0.2) is 5.69 Å². The number of nitrogens with two attached hydrogens (primary N) is 1. The van der Waals surface area contributed by atoms with Gasteiger partial charge >= 0.3 is 6.18 Å². The second-order valence-corrected chi connectivity index (χ2v) is 4.12. The summed E-state index contributed by atoms with van der Waals surface area (Å²) >= 11 is 0. The Labute approximate surface area is 108 Å². The van der Waals surface area contributed by atoms with Crippen molar-refractivity contribution in [2.75, 3.05) is 6.54 Å². The van der Waals surface area contributed by atoms with Crippen molar-refractivity contribution in [3.05, 3.63) is 17.8 Å². The first kappa shape index (κ1) is 15.5. The average Bonchev–Trinajstić information content (AvgIpc) is 2.81. The van der Waals surface area contributed by atoms with Gasteiger partial charge in [-0.1, -0.05) is 19.8 Å². The van der Waals surface area contributed by atoms with Crippen LogP contribution in [0.15, 0.2) is 10.7 Å². The Balaban J connectivity index is 2.56. The lowest BCUT2D eigenvalue weighted by molar-refractivity contribution is -0.123. The van der Waals surface area contributed by atoms with Gasteiger partial charge in [-0.25, -0.2) is 4.98 Å². The Kier molecular flexibility index (Phi) is 5.34. The summed E-state index contributed by atoms with van der Waals surface area (Å²) in [4.78, 5) is 15.2. The molecule has 0 aromatic carbocycles. The molecule has 1 heterocycles. The lowest BCUT2D eigenvalue weighted by Crippen LogP contribution is -2.33. The van der Waals surface area contributed by atoms with Gasteiger partial charge in [-0.2, -0.15) is 13.2 Å². The van der Waals surface area contributed by atoms with Crippen molar-refractivity contribution in [3.63, 3.8) is 0 Å². The van der Waals surface area contributed by atoms with E-state index >= 15 is 0 Å². The van der Waals surface area contributed by atoms with Crippen LogP contribution in [0, 0.1) is 0 Å². The fourth-order valence-corrected chi connectivity index (χ4v) is 1.38. The molecule has 0 saturated carbocycles. The van der Waals surface area contributed by atoms with Crippen LogP contribution in [0.4, 0.5) is 13.2 Å². The molecule has 0 aliphatic carbocycles. The first-order valence-corrected chi connectivity index (χ1v) is 5.89. The van der Waals surface area contributed by atoms with E-state index in [1.807, 2.05) is 6.92 Å². The third kappa shape index (κ3) is 5.29. The fourth-order valence-electron chi connectivity index (χ4n) is 1.38. The molecule has 0 radical (unpaired) electrons. The highest BCUT2D eigenvalue weighted by molar-refractivity contribution is 5.91. The summed E-state index contributed by atoms with van der Waals surface area (Å²) in [6.07, 6.45) is -0.986. The SMILES string of the molecule is CCCCC(N)c1nc(C(=O)NCC(F)(F)F)co1. The van der Waals surface area contributed by atoms with Crippen LogP contribution in [0.5, 0.6) is 0 Å². The highest BCUT2D eigenvalue weighted by Gasteiger charge is 2.28. The van der Waals surface area contributed by atoms with Gasteiger partial charge in [0.2, 0.25) is 5.89 Å². The van der Waals surface area contributed by atoms with Crippen LogP contribution < -0.4 is 11.1 Å². The quantitative estimate of drug-likeness (QED) is 0.836. The summed E-state index contributed by atoms with van der Waals surface area (Å²) < 4.78 is 40.8. The second-order valence-electron chi connectivity index (χ2n) is 4.12. The third-order valence-corrected chi connectivity index (χ3v) is 2.39. The van der Waals surface area contributed by atoms with Crippen molar-refractivity contribution < 1.29 is 22.4 Å². The van der Waals surface area contributed by atoms with E-state index in [0.717, 1.165) is 19.1 Å². The molecule has 1 aromatic rings. The largest absolute Gasteiger partial charge is 0.446 e. The molecule has 0 saturated heterocycles. The van der Waals surface area contributed by atoms with Gasteiger partial charge in [0, 0.05) is 0 Å². The average molecular weight is 279 g/mol. The summed E-state index contributed by atoms with van der Waals surface area (Å²) in [5, 5.41) is 1.71. The number of carbonyl (C=O) groups is 1. The molecular formula is C11H16F3N3O2. The third-order valence-electron chi connectivity index (χ3n) is 2.39. The maximum absolute atomic E-state index is 11.9. The fraction of sp³-hybridized carbons (Fsp3) is 0.636. The normalized spacial score (nSPS) is 13.3. The molecule has 0 aliphatic rings. The number of aromatic nitrogens is 1. The molecule has 0 aliphatic heterocycles. The predicted octanol–water partition coefficient (Wildman–Crippen LogP) is 2.16. The minimum absolute atomic E-state index is 0.158. The molecule has 0 fully saturated rings. The lowest BCUT2D eigenvalue weighted by atomic mass is 10.1. The number of amides is 1. The first-order valence-electron chi connectivity index (χ1n) is 5.89. The minimum Gasteiger partial charge on any atom is -0.446 e. The molecule has 1 atom stereocenters. The van der Waals surface area contributed by atoms with Gasteiger partial charge < -0.3 is 15.5 Å². The molecule has 1 unspecified atom stereocenters. The van der Waals surface area contributed by atoms with Gasteiger partial charge in [-0.15, -0.1) is 0 Å². The van der Waals surface area contributed by atoms with Crippen molar-refractivity contribution in [2.24, 2.45) is 5.73 Å². The standard InChI is InChI=1S/C11H16F3N3O2/c1-2-3-4-7(15)10-17-8(5-19-10)9(18)16-6-11(12,13)14/h5,7H,2-4,6,15H2,1H3,(H,16,18). The first-order chi connectivity index (χ1) is 8.83. The number of carbonyl (C=O) groups excluding carboxylic acids is 1.